The third-order valence-corrected chi connectivity index (χ3v) is 3.63. The number of hydrogen-bond acceptors (Lipinski definition) is 3. The van der Waals surface area contributed by atoms with Crippen LogP contribution < -0.4 is 10.3 Å². The molecular formula is C22H33N2O2Y-. The van der Waals surface area contributed by atoms with E-state index in [2.05, 4.69) is 25.5 Å². The number of benzene rings is 1. The van der Waals surface area contributed by atoms with Gasteiger partial charge in [0, 0.05) is 39.8 Å². The van der Waals surface area contributed by atoms with Crippen LogP contribution in [-0.4, -0.2) is 16.4 Å². The first kappa shape index (κ1) is 28.0. The maximum atomic E-state index is 12.7. The van der Waals surface area contributed by atoms with Gasteiger partial charge in [0.15, 0.2) is 5.75 Å². The molecule has 0 fully saturated rings. The molecule has 0 atom stereocenters. The van der Waals surface area contributed by atoms with Crippen molar-refractivity contribution < 1.29 is 37.4 Å². The zero-order valence-electron chi connectivity index (χ0n) is 17.9. The minimum Gasteiger partial charge on any atom is -0.487 e. The summed E-state index contributed by atoms with van der Waals surface area (Å²) >= 11 is 0. The van der Waals surface area contributed by atoms with Gasteiger partial charge in [-0.3, -0.25) is 4.79 Å². The van der Waals surface area contributed by atoms with Gasteiger partial charge in [-0.1, -0.05) is 64.6 Å². The number of ether oxygens (including phenoxy) is 1. The van der Waals surface area contributed by atoms with Crippen LogP contribution in [0.4, 0.5) is 0 Å². The van der Waals surface area contributed by atoms with Gasteiger partial charge in [-0.25, -0.2) is 4.68 Å². The van der Waals surface area contributed by atoms with E-state index >= 15 is 0 Å². The molecule has 4 nitrogen and oxygen atoms in total. The van der Waals surface area contributed by atoms with Gasteiger partial charge in [0.1, 0.15) is 12.3 Å². The van der Waals surface area contributed by atoms with E-state index in [1.807, 2.05) is 45.0 Å². The van der Waals surface area contributed by atoms with Crippen molar-refractivity contribution in [3.05, 3.63) is 66.0 Å². The summed E-state index contributed by atoms with van der Waals surface area (Å²) in [5.74, 6) is 0.992. The van der Waals surface area contributed by atoms with Gasteiger partial charge in [-0.05, 0) is 30.4 Å². The minimum absolute atomic E-state index is 0. The second-order valence-corrected chi connectivity index (χ2v) is 6.09. The zero-order chi connectivity index (χ0) is 19.0. The van der Waals surface area contributed by atoms with Crippen LogP contribution in [0.2, 0.25) is 0 Å². The second-order valence-electron chi connectivity index (χ2n) is 6.09. The number of aryl methyl sites for hydroxylation is 2. The average Bonchev–Trinajstić information content (AvgIpc) is 2.59. The molecule has 1 aromatic carbocycles. The predicted octanol–water partition coefficient (Wildman–Crippen LogP) is 4.99. The number of aromatic nitrogens is 2. The predicted molar refractivity (Wildman–Crippen MR) is 112 cm³/mol. The molecule has 0 aliphatic carbocycles. The molecule has 0 saturated heterocycles. The molecule has 0 unspecified atom stereocenters. The van der Waals surface area contributed by atoms with Crippen molar-refractivity contribution in [2.45, 2.75) is 41.0 Å². The molecule has 1 radical (unpaired) electrons. The average molecular weight is 446 g/mol. The topological polar surface area (TPSA) is 44.1 Å². The molecule has 0 N–H and O–H groups in total. The molecule has 1 heterocycles. The molecule has 0 saturated carbocycles. The summed E-state index contributed by atoms with van der Waals surface area (Å²) in [6, 6.07) is 7.84. The Kier molecular flexibility index (Phi) is 14.3. The number of hydrogen-bond donors (Lipinski definition) is 0. The van der Waals surface area contributed by atoms with Crippen LogP contribution in [0.15, 0.2) is 41.7 Å². The third-order valence-electron chi connectivity index (χ3n) is 3.63. The van der Waals surface area contributed by atoms with E-state index < -0.39 is 0 Å². The van der Waals surface area contributed by atoms with Crippen LogP contribution in [0.5, 0.6) is 5.75 Å². The van der Waals surface area contributed by atoms with Gasteiger partial charge in [-0.15, -0.1) is 0 Å². The fraction of sp³-hybridized carbons (Fsp3) is 0.409. The van der Waals surface area contributed by atoms with E-state index in [4.69, 9.17) is 4.74 Å². The fourth-order valence-electron chi connectivity index (χ4n) is 2.58. The molecular weight excluding hydrogens is 413 g/mol. The summed E-state index contributed by atoms with van der Waals surface area (Å²) in [5.41, 5.74) is 3.17. The van der Waals surface area contributed by atoms with Gasteiger partial charge in [-0.2, -0.15) is 5.10 Å². The molecule has 5 heteroatoms. The molecule has 0 aliphatic rings. The molecule has 0 spiro atoms. The van der Waals surface area contributed by atoms with E-state index in [9.17, 15) is 4.79 Å². The Balaban J connectivity index is 0. The van der Waals surface area contributed by atoms with Crippen LogP contribution >= 0.6 is 0 Å². The first-order chi connectivity index (χ1) is 12.0. The Hall–Kier alpha value is -1.26. The monoisotopic (exact) mass is 446 g/mol. The molecule has 2 rings (SSSR count). The minimum atomic E-state index is -0.147. The van der Waals surface area contributed by atoms with Crippen molar-refractivity contribution in [1.82, 2.24) is 9.78 Å². The molecule has 147 valence electrons. The SMILES string of the molecule is C=CCOc1c(CC(C)C)nn(C)c(=O)c1-c1ccccc1C.CC.[CH3-].[Y]. The summed E-state index contributed by atoms with van der Waals surface area (Å²) < 4.78 is 7.27. The van der Waals surface area contributed by atoms with E-state index in [0.29, 0.717) is 23.8 Å². The van der Waals surface area contributed by atoms with Gasteiger partial charge in [0.2, 0.25) is 0 Å². The van der Waals surface area contributed by atoms with Crippen molar-refractivity contribution in [2.75, 3.05) is 6.61 Å². The first-order valence-corrected chi connectivity index (χ1v) is 8.85. The third kappa shape index (κ3) is 7.35. The maximum absolute atomic E-state index is 12.7. The van der Waals surface area contributed by atoms with Gasteiger partial charge in [0.05, 0.1) is 5.56 Å². The van der Waals surface area contributed by atoms with E-state index in [-0.39, 0.29) is 45.7 Å². The van der Waals surface area contributed by atoms with Gasteiger partial charge in [0.25, 0.3) is 5.56 Å². The number of rotatable bonds is 6. The summed E-state index contributed by atoms with van der Waals surface area (Å²) in [4.78, 5) is 12.7. The van der Waals surface area contributed by atoms with Gasteiger partial charge < -0.3 is 12.2 Å². The molecule has 1 aromatic heterocycles. The Labute approximate surface area is 189 Å². The largest absolute Gasteiger partial charge is 0.487 e. The van der Waals surface area contributed by atoms with Crippen molar-refractivity contribution in [1.29, 1.82) is 0 Å². The Morgan fingerprint density at radius 3 is 2.37 bits per heavy atom. The summed E-state index contributed by atoms with van der Waals surface area (Å²) in [6.07, 6.45) is 2.43. The van der Waals surface area contributed by atoms with Gasteiger partial charge >= 0.3 is 0 Å². The molecule has 0 aliphatic heterocycles. The molecule has 0 bridgehead atoms. The number of nitrogens with zero attached hydrogens (tertiary/aromatic N) is 2. The van der Waals surface area contributed by atoms with Crippen LogP contribution in [0.1, 0.15) is 39.0 Å². The quantitative estimate of drug-likeness (QED) is 0.464. The second kappa shape index (κ2) is 13.8. The Bertz CT molecular complexity index is 767. The fourth-order valence-corrected chi connectivity index (χ4v) is 2.58. The van der Waals surface area contributed by atoms with Crippen LogP contribution in [0, 0.1) is 20.3 Å². The van der Waals surface area contributed by atoms with Crippen LogP contribution in [-0.2, 0) is 46.2 Å². The van der Waals surface area contributed by atoms with Crippen molar-refractivity contribution in [2.24, 2.45) is 13.0 Å². The Morgan fingerprint density at radius 1 is 1.26 bits per heavy atom. The summed E-state index contributed by atoms with van der Waals surface area (Å²) in [7, 11) is 1.69. The molecule has 2 aromatic rings. The van der Waals surface area contributed by atoms with Crippen molar-refractivity contribution >= 4 is 0 Å². The van der Waals surface area contributed by atoms with Crippen molar-refractivity contribution in [3.8, 4) is 16.9 Å². The van der Waals surface area contributed by atoms with E-state index in [1.165, 1.54) is 4.68 Å². The van der Waals surface area contributed by atoms with Crippen LogP contribution in [0.3, 0.4) is 0 Å². The van der Waals surface area contributed by atoms with E-state index in [0.717, 1.165) is 23.2 Å². The smallest absolute Gasteiger partial charge is 0.278 e. The van der Waals surface area contributed by atoms with Crippen molar-refractivity contribution in [3.63, 3.8) is 0 Å². The van der Waals surface area contributed by atoms with Crippen LogP contribution in [0.25, 0.3) is 11.1 Å². The molecule has 27 heavy (non-hydrogen) atoms. The zero-order valence-corrected chi connectivity index (χ0v) is 20.7. The first-order valence-electron chi connectivity index (χ1n) is 8.85. The maximum Gasteiger partial charge on any atom is 0.278 e. The summed E-state index contributed by atoms with van der Waals surface area (Å²) in [6.45, 7) is 14.3. The Morgan fingerprint density at radius 2 is 1.85 bits per heavy atom. The molecule has 0 amide bonds. The standard InChI is InChI=1S/C19H24N2O2.C2H6.CH3.Y/c1-6-11-23-18-16(12-13(2)3)20-21(5)19(22)17(18)15-10-8-7-9-14(15)4;1-2;;/h6-10,13H,1,11-12H2,2-5H3;1-2H3;1H3;/q;;-1;. The normalized spacial score (nSPS) is 9.44. The summed E-state index contributed by atoms with van der Waals surface area (Å²) in [5, 5.41) is 4.43. The van der Waals surface area contributed by atoms with E-state index in [1.54, 1.807) is 13.1 Å².